The van der Waals surface area contributed by atoms with Gasteiger partial charge in [0.1, 0.15) is 10.8 Å². The molecule has 0 amide bonds. The largest absolute Gasteiger partial charge is 0.481 e. The summed E-state index contributed by atoms with van der Waals surface area (Å²) in [5.41, 5.74) is 0.845. The summed E-state index contributed by atoms with van der Waals surface area (Å²) in [5.74, 6) is -1.33. The third-order valence-corrected chi connectivity index (χ3v) is 3.40. The smallest absolute Gasteiger partial charge is 0.310 e. The third kappa shape index (κ3) is 2.89. The Morgan fingerprint density at radius 1 is 1.53 bits per heavy atom. The highest BCUT2D eigenvalue weighted by molar-refractivity contribution is 9.10. The number of aliphatic carboxylic acids is 1. The van der Waals surface area contributed by atoms with E-state index in [0.717, 1.165) is 0 Å². The molecule has 3 nitrogen and oxygen atoms in total. The highest BCUT2D eigenvalue weighted by Crippen LogP contribution is 2.26. The summed E-state index contributed by atoms with van der Waals surface area (Å²) in [4.78, 5) is 14.6. The van der Waals surface area contributed by atoms with E-state index in [1.807, 2.05) is 0 Å². The second-order valence-electron chi connectivity index (χ2n) is 3.32. The normalized spacial score (nSPS) is 10.5. The zero-order valence-electron chi connectivity index (χ0n) is 8.48. The Balaban J connectivity index is 2.33. The molecule has 0 aliphatic carbocycles. The molecule has 0 fully saturated rings. The molecule has 6 heteroatoms. The minimum absolute atomic E-state index is 0.136. The summed E-state index contributed by atoms with van der Waals surface area (Å²) in [7, 11) is 0. The maximum absolute atomic E-state index is 13.6. The first-order chi connectivity index (χ1) is 8.06. The molecule has 0 radical (unpaired) electrons. The van der Waals surface area contributed by atoms with Gasteiger partial charge in [0.25, 0.3) is 0 Å². The first-order valence-electron chi connectivity index (χ1n) is 4.68. The van der Waals surface area contributed by atoms with Crippen molar-refractivity contribution in [3.05, 3.63) is 38.9 Å². The van der Waals surface area contributed by atoms with E-state index < -0.39 is 5.97 Å². The van der Waals surface area contributed by atoms with Gasteiger partial charge < -0.3 is 5.11 Å². The van der Waals surface area contributed by atoms with Crippen LogP contribution in [0, 0.1) is 5.82 Å². The van der Waals surface area contributed by atoms with Gasteiger partial charge in [0.2, 0.25) is 0 Å². The Kier molecular flexibility index (Phi) is 3.54. The van der Waals surface area contributed by atoms with Crippen LogP contribution < -0.4 is 0 Å². The third-order valence-electron chi connectivity index (χ3n) is 2.06. The van der Waals surface area contributed by atoms with Crippen LogP contribution in [0.25, 0.3) is 11.3 Å². The van der Waals surface area contributed by atoms with E-state index in [4.69, 9.17) is 5.11 Å². The van der Waals surface area contributed by atoms with E-state index in [9.17, 15) is 9.18 Å². The number of hydrogen-bond donors (Lipinski definition) is 1. The van der Waals surface area contributed by atoms with Crippen molar-refractivity contribution in [2.75, 3.05) is 0 Å². The van der Waals surface area contributed by atoms with E-state index >= 15 is 0 Å². The van der Waals surface area contributed by atoms with Crippen LogP contribution in [0.4, 0.5) is 4.39 Å². The van der Waals surface area contributed by atoms with Crippen LogP contribution in [0.5, 0.6) is 0 Å². The van der Waals surface area contributed by atoms with Gasteiger partial charge in [-0.1, -0.05) is 15.9 Å². The van der Waals surface area contributed by atoms with Gasteiger partial charge in [0, 0.05) is 15.4 Å². The van der Waals surface area contributed by atoms with Crippen LogP contribution in [-0.2, 0) is 11.2 Å². The quantitative estimate of drug-likeness (QED) is 0.945. The monoisotopic (exact) mass is 315 g/mol. The lowest BCUT2D eigenvalue weighted by Crippen LogP contribution is -1.99. The second kappa shape index (κ2) is 4.93. The van der Waals surface area contributed by atoms with Gasteiger partial charge in [0.05, 0.1) is 12.1 Å². The minimum atomic E-state index is -0.942. The van der Waals surface area contributed by atoms with Crippen molar-refractivity contribution in [2.24, 2.45) is 0 Å². The molecule has 1 aromatic heterocycles. The number of carboxylic acid groups (broad SMARTS) is 1. The topological polar surface area (TPSA) is 50.2 Å². The molecule has 1 N–H and O–H groups in total. The molecule has 0 saturated carbocycles. The standard InChI is InChI=1S/C11H7BrFNO2S/c12-6-1-2-7(8(13)3-6)9-5-17-10(14-9)4-11(15)16/h1-3,5H,4H2,(H,15,16). The van der Waals surface area contributed by atoms with Crippen LogP contribution >= 0.6 is 27.3 Å². The molecule has 88 valence electrons. The number of halogens is 2. The van der Waals surface area contributed by atoms with Gasteiger partial charge in [-0.3, -0.25) is 4.79 Å². The van der Waals surface area contributed by atoms with Gasteiger partial charge in [-0.15, -0.1) is 11.3 Å². The molecule has 0 atom stereocenters. The fourth-order valence-electron chi connectivity index (χ4n) is 1.34. The van der Waals surface area contributed by atoms with Crippen LogP contribution in [-0.4, -0.2) is 16.1 Å². The number of rotatable bonds is 3. The maximum atomic E-state index is 13.6. The van der Waals surface area contributed by atoms with E-state index in [0.29, 0.717) is 20.7 Å². The molecule has 1 aromatic carbocycles. The second-order valence-corrected chi connectivity index (χ2v) is 5.18. The zero-order chi connectivity index (χ0) is 12.4. The average molecular weight is 316 g/mol. The van der Waals surface area contributed by atoms with Gasteiger partial charge in [-0.05, 0) is 18.2 Å². The molecule has 2 aromatic rings. The Morgan fingerprint density at radius 3 is 2.94 bits per heavy atom. The average Bonchev–Trinajstić information content (AvgIpc) is 2.65. The van der Waals surface area contributed by atoms with Gasteiger partial charge >= 0.3 is 5.97 Å². The molecule has 0 unspecified atom stereocenters. The van der Waals surface area contributed by atoms with Gasteiger partial charge in [-0.2, -0.15) is 0 Å². The number of hydrogen-bond acceptors (Lipinski definition) is 3. The van der Waals surface area contributed by atoms with Crippen LogP contribution in [0.1, 0.15) is 5.01 Å². The van der Waals surface area contributed by atoms with Crippen LogP contribution in [0.3, 0.4) is 0 Å². The molecule has 17 heavy (non-hydrogen) atoms. The van der Waals surface area contributed by atoms with E-state index in [-0.39, 0.29) is 12.2 Å². The predicted molar refractivity (Wildman–Crippen MR) is 66.5 cm³/mol. The Morgan fingerprint density at radius 2 is 2.29 bits per heavy atom. The van der Waals surface area contributed by atoms with Crippen molar-refractivity contribution in [1.82, 2.24) is 4.98 Å². The first kappa shape index (κ1) is 12.2. The summed E-state index contributed by atoms with van der Waals surface area (Å²) in [6.45, 7) is 0. The number of aromatic nitrogens is 1. The highest BCUT2D eigenvalue weighted by atomic mass is 79.9. The molecule has 0 spiro atoms. The number of thiazole rings is 1. The molecular formula is C11H7BrFNO2S. The van der Waals surface area contributed by atoms with E-state index in [1.54, 1.807) is 17.5 Å². The van der Waals surface area contributed by atoms with Crippen molar-refractivity contribution in [1.29, 1.82) is 0 Å². The summed E-state index contributed by atoms with van der Waals surface area (Å²) in [6, 6.07) is 4.68. The minimum Gasteiger partial charge on any atom is -0.481 e. The molecule has 0 aliphatic rings. The first-order valence-corrected chi connectivity index (χ1v) is 6.35. The molecule has 0 bridgehead atoms. The van der Waals surface area contributed by atoms with Crippen molar-refractivity contribution in [3.8, 4) is 11.3 Å². The fourth-order valence-corrected chi connectivity index (χ4v) is 2.46. The van der Waals surface area contributed by atoms with E-state index in [1.165, 1.54) is 17.4 Å². The van der Waals surface area contributed by atoms with Crippen LogP contribution in [0.15, 0.2) is 28.1 Å². The summed E-state index contributed by atoms with van der Waals surface area (Å²) >= 11 is 4.39. The lowest BCUT2D eigenvalue weighted by atomic mass is 10.1. The summed E-state index contributed by atoms with van der Waals surface area (Å²) < 4.78 is 14.3. The lowest BCUT2D eigenvalue weighted by molar-refractivity contribution is -0.136. The Hall–Kier alpha value is -1.27. The van der Waals surface area contributed by atoms with E-state index in [2.05, 4.69) is 20.9 Å². The molecule has 2 rings (SSSR count). The molecule has 1 heterocycles. The molecular weight excluding hydrogens is 309 g/mol. The van der Waals surface area contributed by atoms with Crippen molar-refractivity contribution >= 4 is 33.2 Å². The molecule has 0 saturated heterocycles. The highest BCUT2D eigenvalue weighted by Gasteiger charge is 2.11. The number of carboxylic acids is 1. The van der Waals surface area contributed by atoms with Gasteiger partial charge in [-0.25, -0.2) is 9.37 Å². The number of nitrogens with zero attached hydrogens (tertiary/aromatic N) is 1. The fraction of sp³-hybridized carbons (Fsp3) is 0.0909. The molecule has 0 aliphatic heterocycles. The van der Waals surface area contributed by atoms with Gasteiger partial charge in [0.15, 0.2) is 0 Å². The lowest BCUT2D eigenvalue weighted by Gasteiger charge is -1.99. The summed E-state index contributed by atoms with van der Waals surface area (Å²) in [5, 5.41) is 10.7. The van der Waals surface area contributed by atoms with Crippen molar-refractivity contribution in [2.45, 2.75) is 6.42 Å². The van der Waals surface area contributed by atoms with Crippen molar-refractivity contribution < 1.29 is 14.3 Å². The summed E-state index contributed by atoms with van der Waals surface area (Å²) in [6.07, 6.45) is -0.136. The number of carbonyl (C=O) groups is 1. The number of benzene rings is 1. The Bertz CT molecular complexity index is 570. The van der Waals surface area contributed by atoms with Crippen LogP contribution in [0.2, 0.25) is 0 Å². The maximum Gasteiger partial charge on any atom is 0.310 e. The Labute approximate surface area is 109 Å². The SMILES string of the molecule is O=C(O)Cc1nc(-c2ccc(Br)cc2F)cs1. The van der Waals surface area contributed by atoms with Crippen molar-refractivity contribution in [3.63, 3.8) is 0 Å². The zero-order valence-corrected chi connectivity index (χ0v) is 10.9. The predicted octanol–water partition coefficient (Wildman–Crippen LogP) is 3.34.